The van der Waals surface area contributed by atoms with E-state index in [0.717, 1.165) is 0 Å². The van der Waals surface area contributed by atoms with Gasteiger partial charge in [0.25, 0.3) is 0 Å². The molecule has 4 nitrogen and oxygen atoms in total. The van der Waals surface area contributed by atoms with Crippen molar-refractivity contribution in [2.75, 3.05) is 12.5 Å². The minimum absolute atomic E-state index is 0.00308. The standard InChI is InChI=1S/C10H18ClNO3/c1-4-15-10(14)9(7(2)3)12-8(13)5-6-11/h7,9H,4-6H2,1-3H3,(H,12,13). The van der Waals surface area contributed by atoms with Crippen molar-refractivity contribution in [1.82, 2.24) is 5.32 Å². The second-order valence-corrected chi connectivity index (χ2v) is 3.86. The van der Waals surface area contributed by atoms with Crippen LogP contribution in [-0.4, -0.2) is 30.4 Å². The summed E-state index contributed by atoms with van der Waals surface area (Å²) in [6, 6.07) is -0.583. The molecule has 5 heteroatoms. The third kappa shape index (κ3) is 5.62. The van der Waals surface area contributed by atoms with Gasteiger partial charge in [-0.3, -0.25) is 4.79 Å². The van der Waals surface area contributed by atoms with Crippen LogP contribution in [0.1, 0.15) is 27.2 Å². The van der Waals surface area contributed by atoms with E-state index in [1.807, 2.05) is 13.8 Å². The zero-order chi connectivity index (χ0) is 11.8. The second kappa shape index (κ2) is 7.51. The summed E-state index contributed by atoms with van der Waals surface area (Å²) in [6.07, 6.45) is 0.212. The van der Waals surface area contributed by atoms with Crippen molar-refractivity contribution in [3.8, 4) is 0 Å². The fourth-order valence-corrected chi connectivity index (χ4v) is 1.23. The number of carbonyl (C=O) groups excluding carboxylic acids is 2. The van der Waals surface area contributed by atoms with E-state index in [9.17, 15) is 9.59 Å². The average molecular weight is 236 g/mol. The second-order valence-electron chi connectivity index (χ2n) is 3.48. The first-order valence-electron chi connectivity index (χ1n) is 5.04. The number of hydrogen-bond donors (Lipinski definition) is 1. The fraction of sp³-hybridized carbons (Fsp3) is 0.800. The van der Waals surface area contributed by atoms with Gasteiger partial charge < -0.3 is 10.1 Å². The molecule has 0 radical (unpaired) electrons. The summed E-state index contributed by atoms with van der Waals surface area (Å²) < 4.78 is 4.86. The van der Waals surface area contributed by atoms with Crippen LogP contribution >= 0.6 is 11.6 Å². The van der Waals surface area contributed by atoms with Crippen molar-refractivity contribution in [2.24, 2.45) is 5.92 Å². The summed E-state index contributed by atoms with van der Waals surface area (Å²) in [5.74, 6) is -0.366. The third-order valence-corrected chi connectivity index (χ3v) is 2.03. The molecule has 0 aromatic rings. The van der Waals surface area contributed by atoms with E-state index in [1.165, 1.54) is 0 Å². The highest BCUT2D eigenvalue weighted by molar-refractivity contribution is 6.18. The van der Waals surface area contributed by atoms with Crippen LogP contribution in [0.2, 0.25) is 0 Å². The first-order valence-corrected chi connectivity index (χ1v) is 5.58. The number of carbonyl (C=O) groups is 2. The van der Waals surface area contributed by atoms with E-state index in [4.69, 9.17) is 16.3 Å². The topological polar surface area (TPSA) is 55.4 Å². The minimum atomic E-state index is -0.583. The quantitative estimate of drug-likeness (QED) is 0.558. The van der Waals surface area contributed by atoms with Crippen LogP contribution in [0.25, 0.3) is 0 Å². The predicted octanol–water partition coefficient (Wildman–Crippen LogP) is 1.32. The van der Waals surface area contributed by atoms with Crippen molar-refractivity contribution in [2.45, 2.75) is 33.2 Å². The highest BCUT2D eigenvalue weighted by Gasteiger charge is 2.24. The maximum Gasteiger partial charge on any atom is 0.328 e. The van der Waals surface area contributed by atoms with E-state index in [1.54, 1.807) is 6.92 Å². The lowest BCUT2D eigenvalue weighted by Gasteiger charge is -2.20. The number of esters is 1. The molecule has 0 fully saturated rings. The maximum absolute atomic E-state index is 11.5. The van der Waals surface area contributed by atoms with Crippen molar-refractivity contribution >= 4 is 23.5 Å². The van der Waals surface area contributed by atoms with E-state index in [2.05, 4.69) is 5.32 Å². The normalized spacial score (nSPS) is 12.3. The molecule has 1 amide bonds. The largest absolute Gasteiger partial charge is 0.464 e. The van der Waals surface area contributed by atoms with Gasteiger partial charge in [0.1, 0.15) is 6.04 Å². The van der Waals surface area contributed by atoms with Gasteiger partial charge >= 0.3 is 5.97 Å². The summed E-state index contributed by atoms with van der Waals surface area (Å²) in [4.78, 5) is 22.7. The number of rotatable bonds is 6. The summed E-state index contributed by atoms with van der Waals surface area (Å²) in [5.41, 5.74) is 0. The molecule has 0 heterocycles. The van der Waals surface area contributed by atoms with Crippen LogP contribution in [0.15, 0.2) is 0 Å². The average Bonchev–Trinajstić information content (AvgIpc) is 2.14. The van der Waals surface area contributed by atoms with E-state index in [0.29, 0.717) is 6.61 Å². The molecule has 0 aliphatic heterocycles. The number of nitrogens with one attached hydrogen (secondary N) is 1. The van der Waals surface area contributed by atoms with Crippen molar-refractivity contribution < 1.29 is 14.3 Å². The lowest BCUT2D eigenvalue weighted by molar-refractivity contribution is -0.148. The highest BCUT2D eigenvalue weighted by atomic mass is 35.5. The molecule has 0 bridgehead atoms. The van der Waals surface area contributed by atoms with Gasteiger partial charge in [-0.2, -0.15) is 0 Å². The number of ether oxygens (including phenoxy) is 1. The van der Waals surface area contributed by atoms with Gasteiger partial charge in [-0.05, 0) is 12.8 Å². The van der Waals surface area contributed by atoms with Crippen LogP contribution in [0.4, 0.5) is 0 Å². The molecular weight excluding hydrogens is 218 g/mol. The van der Waals surface area contributed by atoms with Crippen molar-refractivity contribution in [3.63, 3.8) is 0 Å². The Labute approximate surface area is 95.3 Å². The van der Waals surface area contributed by atoms with Crippen LogP contribution in [-0.2, 0) is 14.3 Å². The molecular formula is C10H18ClNO3. The minimum Gasteiger partial charge on any atom is -0.464 e. The Bertz CT molecular complexity index is 219. The van der Waals surface area contributed by atoms with Crippen LogP contribution in [0, 0.1) is 5.92 Å². The zero-order valence-corrected chi connectivity index (χ0v) is 10.1. The number of halogens is 1. The summed E-state index contributed by atoms with van der Waals surface area (Å²) in [7, 11) is 0. The van der Waals surface area contributed by atoms with Crippen LogP contribution in [0.3, 0.4) is 0 Å². The Hall–Kier alpha value is -0.770. The summed E-state index contributed by atoms with van der Waals surface area (Å²) in [5, 5.41) is 2.60. The molecule has 0 aromatic carbocycles. The molecule has 15 heavy (non-hydrogen) atoms. The van der Waals surface area contributed by atoms with Crippen molar-refractivity contribution in [1.29, 1.82) is 0 Å². The Balaban J connectivity index is 4.27. The first kappa shape index (κ1) is 14.2. The summed E-state index contributed by atoms with van der Waals surface area (Å²) in [6.45, 7) is 5.74. The van der Waals surface area contributed by atoms with E-state index >= 15 is 0 Å². The van der Waals surface area contributed by atoms with E-state index in [-0.39, 0.29) is 24.1 Å². The molecule has 0 saturated heterocycles. The van der Waals surface area contributed by atoms with Gasteiger partial charge in [-0.25, -0.2) is 4.79 Å². The van der Waals surface area contributed by atoms with Gasteiger partial charge in [0, 0.05) is 12.3 Å². The van der Waals surface area contributed by atoms with Gasteiger partial charge in [0.15, 0.2) is 0 Å². The highest BCUT2D eigenvalue weighted by Crippen LogP contribution is 2.04. The predicted molar refractivity (Wildman–Crippen MR) is 58.7 cm³/mol. The molecule has 0 spiro atoms. The molecule has 1 N–H and O–H groups in total. The Morgan fingerprint density at radius 1 is 1.40 bits per heavy atom. The molecule has 0 rings (SSSR count). The number of amides is 1. The summed E-state index contributed by atoms with van der Waals surface area (Å²) >= 11 is 5.42. The van der Waals surface area contributed by atoms with Gasteiger partial charge in [0.05, 0.1) is 6.61 Å². The molecule has 1 unspecified atom stereocenters. The maximum atomic E-state index is 11.5. The number of alkyl halides is 1. The lowest BCUT2D eigenvalue weighted by Crippen LogP contribution is -2.45. The van der Waals surface area contributed by atoms with Gasteiger partial charge in [-0.15, -0.1) is 11.6 Å². The van der Waals surface area contributed by atoms with Gasteiger partial charge in [0.2, 0.25) is 5.91 Å². The van der Waals surface area contributed by atoms with Crippen LogP contribution < -0.4 is 5.32 Å². The first-order chi connectivity index (χ1) is 7.02. The Morgan fingerprint density at radius 3 is 2.40 bits per heavy atom. The molecule has 0 aliphatic rings. The van der Waals surface area contributed by atoms with E-state index < -0.39 is 12.0 Å². The molecule has 0 aromatic heterocycles. The SMILES string of the molecule is CCOC(=O)C(NC(=O)CCCl)C(C)C. The third-order valence-electron chi connectivity index (χ3n) is 1.85. The van der Waals surface area contributed by atoms with Crippen LogP contribution in [0.5, 0.6) is 0 Å². The molecule has 88 valence electrons. The smallest absolute Gasteiger partial charge is 0.328 e. The molecule has 1 atom stereocenters. The Morgan fingerprint density at radius 2 is 2.00 bits per heavy atom. The Kier molecular flexibility index (Phi) is 7.13. The fourth-order valence-electron chi connectivity index (χ4n) is 1.06. The molecule has 0 saturated carbocycles. The monoisotopic (exact) mass is 235 g/mol. The number of hydrogen-bond acceptors (Lipinski definition) is 3. The molecule has 0 aliphatic carbocycles. The lowest BCUT2D eigenvalue weighted by atomic mass is 10.0. The van der Waals surface area contributed by atoms with Crippen molar-refractivity contribution in [3.05, 3.63) is 0 Å². The van der Waals surface area contributed by atoms with Gasteiger partial charge in [-0.1, -0.05) is 13.8 Å². The zero-order valence-electron chi connectivity index (χ0n) is 9.38.